The zero-order chi connectivity index (χ0) is 12.0. The first kappa shape index (κ1) is 12.5. The summed E-state index contributed by atoms with van der Waals surface area (Å²) >= 11 is 0. The number of benzene rings is 1. The van der Waals surface area contributed by atoms with Crippen LogP contribution in [0.4, 0.5) is 0 Å². The predicted octanol–water partition coefficient (Wildman–Crippen LogP) is 2.11. The Bertz CT molecular complexity index is 331. The maximum Gasteiger partial charge on any atom is 0.357 e. The number of ether oxygens (including phenoxy) is 1. The minimum absolute atomic E-state index is 0.341. The summed E-state index contributed by atoms with van der Waals surface area (Å²) in [7, 11) is 1.59. The average molecular weight is 223 g/mol. The molecular formula is C12H17NO3. The SMILES string of the molecule is CCN(CC)OC(=O)c1ccc(OC)cc1. The van der Waals surface area contributed by atoms with Gasteiger partial charge in [-0.1, -0.05) is 0 Å². The second-order valence-corrected chi connectivity index (χ2v) is 3.22. The van der Waals surface area contributed by atoms with Gasteiger partial charge in [0.25, 0.3) is 0 Å². The lowest BCUT2D eigenvalue weighted by Crippen LogP contribution is -2.26. The van der Waals surface area contributed by atoms with Gasteiger partial charge in [-0.25, -0.2) is 4.79 Å². The highest BCUT2D eigenvalue weighted by Crippen LogP contribution is 2.12. The molecule has 1 rings (SSSR count). The zero-order valence-electron chi connectivity index (χ0n) is 9.90. The number of carbonyl (C=O) groups excluding carboxylic acids is 1. The molecule has 4 nitrogen and oxygen atoms in total. The molecule has 0 bridgehead atoms. The van der Waals surface area contributed by atoms with Crippen molar-refractivity contribution in [2.45, 2.75) is 13.8 Å². The Morgan fingerprint density at radius 1 is 1.19 bits per heavy atom. The number of hydrogen-bond acceptors (Lipinski definition) is 4. The van der Waals surface area contributed by atoms with Crippen LogP contribution in [-0.4, -0.2) is 31.2 Å². The minimum Gasteiger partial charge on any atom is -0.497 e. The van der Waals surface area contributed by atoms with Crippen molar-refractivity contribution in [1.82, 2.24) is 5.06 Å². The molecule has 1 aromatic rings. The Morgan fingerprint density at radius 2 is 1.75 bits per heavy atom. The fourth-order valence-electron chi connectivity index (χ4n) is 1.25. The van der Waals surface area contributed by atoms with Crippen LogP contribution in [0.1, 0.15) is 24.2 Å². The monoisotopic (exact) mass is 223 g/mol. The first-order valence-corrected chi connectivity index (χ1v) is 5.32. The van der Waals surface area contributed by atoms with Crippen LogP contribution in [0, 0.1) is 0 Å². The van der Waals surface area contributed by atoms with Gasteiger partial charge in [-0.05, 0) is 38.1 Å². The number of carbonyl (C=O) groups is 1. The van der Waals surface area contributed by atoms with Crippen LogP contribution in [0.3, 0.4) is 0 Å². The van der Waals surface area contributed by atoms with Gasteiger partial charge in [-0.2, -0.15) is 0 Å². The third kappa shape index (κ3) is 3.24. The van der Waals surface area contributed by atoms with Crippen molar-refractivity contribution in [3.05, 3.63) is 29.8 Å². The fraction of sp³-hybridized carbons (Fsp3) is 0.417. The van der Waals surface area contributed by atoms with Gasteiger partial charge in [0.15, 0.2) is 0 Å². The van der Waals surface area contributed by atoms with Gasteiger partial charge in [-0.15, -0.1) is 5.06 Å². The van der Waals surface area contributed by atoms with E-state index in [0.717, 1.165) is 5.75 Å². The number of hydrogen-bond donors (Lipinski definition) is 0. The van der Waals surface area contributed by atoms with E-state index in [0.29, 0.717) is 18.7 Å². The second kappa shape index (κ2) is 6.12. The maximum absolute atomic E-state index is 11.7. The van der Waals surface area contributed by atoms with Gasteiger partial charge in [0.05, 0.1) is 12.7 Å². The van der Waals surface area contributed by atoms with Crippen LogP contribution in [0.5, 0.6) is 5.75 Å². The van der Waals surface area contributed by atoms with Crippen molar-refractivity contribution >= 4 is 5.97 Å². The van der Waals surface area contributed by atoms with Crippen LogP contribution in [0.15, 0.2) is 24.3 Å². The Hall–Kier alpha value is -1.55. The molecule has 0 aliphatic carbocycles. The molecule has 0 radical (unpaired) electrons. The van der Waals surface area contributed by atoms with E-state index in [9.17, 15) is 4.79 Å². The summed E-state index contributed by atoms with van der Waals surface area (Å²) in [6.07, 6.45) is 0. The normalized spacial score (nSPS) is 10.2. The molecule has 0 spiro atoms. The molecule has 16 heavy (non-hydrogen) atoms. The predicted molar refractivity (Wildman–Crippen MR) is 61.3 cm³/mol. The van der Waals surface area contributed by atoms with Crippen molar-refractivity contribution in [3.63, 3.8) is 0 Å². The van der Waals surface area contributed by atoms with E-state index >= 15 is 0 Å². The van der Waals surface area contributed by atoms with E-state index in [-0.39, 0.29) is 5.97 Å². The molecule has 0 amide bonds. The van der Waals surface area contributed by atoms with Gasteiger partial charge in [-0.3, -0.25) is 0 Å². The summed E-state index contributed by atoms with van der Waals surface area (Å²) in [6, 6.07) is 6.84. The van der Waals surface area contributed by atoms with Crippen LogP contribution in [0.2, 0.25) is 0 Å². The first-order chi connectivity index (χ1) is 7.71. The number of rotatable bonds is 5. The van der Waals surface area contributed by atoms with Gasteiger partial charge >= 0.3 is 5.97 Å². The standard InChI is InChI=1S/C12H17NO3/c1-4-13(5-2)16-12(14)10-6-8-11(15-3)9-7-10/h6-9H,4-5H2,1-3H3. The number of hydroxylamine groups is 2. The molecular weight excluding hydrogens is 206 g/mol. The molecule has 0 saturated carbocycles. The third-order valence-electron chi connectivity index (χ3n) is 2.24. The lowest BCUT2D eigenvalue weighted by molar-refractivity contribution is -0.103. The Kier molecular flexibility index (Phi) is 4.79. The largest absolute Gasteiger partial charge is 0.497 e. The molecule has 0 N–H and O–H groups in total. The lowest BCUT2D eigenvalue weighted by Gasteiger charge is -2.17. The Balaban J connectivity index is 2.65. The average Bonchev–Trinajstić information content (AvgIpc) is 2.35. The van der Waals surface area contributed by atoms with Crippen LogP contribution in [0.25, 0.3) is 0 Å². The highest BCUT2D eigenvalue weighted by Gasteiger charge is 2.10. The van der Waals surface area contributed by atoms with Gasteiger partial charge in [0.2, 0.25) is 0 Å². The van der Waals surface area contributed by atoms with E-state index in [1.807, 2.05) is 13.8 Å². The van der Waals surface area contributed by atoms with E-state index in [1.54, 1.807) is 36.4 Å². The van der Waals surface area contributed by atoms with Crippen LogP contribution >= 0.6 is 0 Å². The highest BCUT2D eigenvalue weighted by molar-refractivity contribution is 5.89. The maximum atomic E-state index is 11.7. The van der Waals surface area contributed by atoms with Gasteiger partial charge < -0.3 is 9.57 Å². The summed E-state index contributed by atoms with van der Waals surface area (Å²) < 4.78 is 5.01. The molecule has 0 heterocycles. The summed E-state index contributed by atoms with van der Waals surface area (Å²) in [5.74, 6) is 0.380. The minimum atomic E-state index is -0.341. The topological polar surface area (TPSA) is 38.8 Å². The summed E-state index contributed by atoms with van der Waals surface area (Å²) in [5.41, 5.74) is 0.521. The smallest absolute Gasteiger partial charge is 0.357 e. The molecule has 0 atom stereocenters. The number of methoxy groups -OCH3 is 1. The second-order valence-electron chi connectivity index (χ2n) is 3.22. The Morgan fingerprint density at radius 3 is 2.19 bits per heavy atom. The van der Waals surface area contributed by atoms with E-state index in [2.05, 4.69) is 0 Å². The molecule has 0 aromatic heterocycles. The van der Waals surface area contributed by atoms with Crippen LogP contribution in [-0.2, 0) is 4.84 Å². The summed E-state index contributed by atoms with van der Waals surface area (Å²) in [6.45, 7) is 5.23. The number of nitrogens with zero attached hydrogens (tertiary/aromatic N) is 1. The first-order valence-electron chi connectivity index (χ1n) is 5.32. The summed E-state index contributed by atoms with van der Waals surface area (Å²) in [5, 5.41) is 1.60. The molecule has 0 aliphatic rings. The van der Waals surface area contributed by atoms with Crippen LogP contribution < -0.4 is 4.74 Å². The van der Waals surface area contributed by atoms with E-state index < -0.39 is 0 Å². The van der Waals surface area contributed by atoms with Crippen molar-refractivity contribution in [2.24, 2.45) is 0 Å². The van der Waals surface area contributed by atoms with Crippen molar-refractivity contribution in [2.75, 3.05) is 20.2 Å². The molecule has 88 valence electrons. The summed E-state index contributed by atoms with van der Waals surface area (Å²) in [4.78, 5) is 16.8. The van der Waals surface area contributed by atoms with Gasteiger partial charge in [0, 0.05) is 13.1 Å². The van der Waals surface area contributed by atoms with Crippen molar-refractivity contribution < 1.29 is 14.4 Å². The lowest BCUT2D eigenvalue weighted by atomic mass is 10.2. The third-order valence-corrected chi connectivity index (χ3v) is 2.24. The molecule has 4 heteroatoms. The fourth-order valence-corrected chi connectivity index (χ4v) is 1.25. The molecule has 1 aromatic carbocycles. The van der Waals surface area contributed by atoms with Crippen molar-refractivity contribution in [3.8, 4) is 5.75 Å². The Labute approximate surface area is 95.7 Å². The van der Waals surface area contributed by atoms with E-state index in [1.165, 1.54) is 0 Å². The molecule has 0 aliphatic heterocycles. The zero-order valence-corrected chi connectivity index (χ0v) is 9.90. The van der Waals surface area contributed by atoms with E-state index in [4.69, 9.17) is 9.57 Å². The van der Waals surface area contributed by atoms with Crippen molar-refractivity contribution in [1.29, 1.82) is 0 Å². The molecule has 0 saturated heterocycles. The highest BCUT2D eigenvalue weighted by atomic mass is 16.7. The van der Waals surface area contributed by atoms with Gasteiger partial charge in [0.1, 0.15) is 5.75 Å². The molecule has 0 unspecified atom stereocenters. The quantitative estimate of drug-likeness (QED) is 0.717. The molecule has 0 fully saturated rings.